The lowest BCUT2D eigenvalue weighted by Crippen LogP contribution is -2.44. The zero-order chi connectivity index (χ0) is 19.9. The lowest BCUT2D eigenvalue weighted by Gasteiger charge is -2.27. The Kier molecular flexibility index (Phi) is 13.4. The van der Waals surface area contributed by atoms with Gasteiger partial charge in [-0.05, 0) is 6.92 Å². The van der Waals surface area contributed by atoms with Gasteiger partial charge in [0.15, 0.2) is 0 Å². The first-order valence-corrected chi connectivity index (χ1v) is 8.40. The van der Waals surface area contributed by atoms with E-state index in [9.17, 15) is 19.5 Å². The van der Waals surface area contributed by atoms with E-state index < -0.39 is 24.0 Å². The molecule has 0 aromatic carbocycles. The monoisotopic (exact) mass is 378 g/mol. The van der Waals surface area contributed by atoms with Gasteiger partial charge in [0, 0.05) is 45.8 Å². The number of aliphatic carboxylic acids is 3. The first-order valence-electron chi connectivity index (χ1n) is 8.40. The first-order chi connectivity index (χ1) is 12.2. The summed E-state index contributed by atoms with van der Waals surface area (Å²) in [6.07, 6.45) is -0.570. The molecule has 0 saturated heterocycles. The van der Waals surface area contributed by atoms with Crippen LogP contribution in [0.25, 0.3) is 0 Å². The van der Waals surface area contributed by atoms with Crippen LogP contribution in [-0.2, 0) is 14.4 Å². The fourth-order valence-corrected chi connectivity index (χ4v) is 2.28. The van der Waals surface area contributed by atoms with Crippen LogP contribution < -0.4 is 10.6 Å². The zero-order valence-corrected chi connectivity index (χ0v) is 15.1. The van der Waals surface area contributed by atoms with Gasteiger partial charge in [0.2, 0.25) is 0 Å². The minimum Gasteiger partial charge on any atom is -0.480 e. The second-order valence-corrected chi connectivity index (χ2v) is 5.96. The molecular weight excluding hydrogens is 348 g/mol. The van der Waals surface area contributed by atoms with E-state index in [1.807, 2.05) is 4.90 Å². The molecule has 1 atom stereocenters. The third kappa shape index (κ3) is 15.7. The predicted octanol–water partition coefficient (Wildman–Crippen LogP) is -2.60. The summed E-state index contributed by atoms with van der Waals surface area (Å²) in [5, 5.41) is 41.2. The molecule has 0 aliphatic rings. The molecule has 0 aliphatic heterocycles. The van der Waals surface area contributed by atoms with Crippen LogP contribution in [0.5, 0.6) is 0 Å². The Balaban J connectivity index is 4.38. The van der Waals surface area contributed by atoms with Gasteiger partial charge >= 0.3 is 17.9 Å². The molecular formula is C15H30N4O7. The van der Waals surface area contributed by atoms with E-state index in [1.54, 1.807) is 11.8 Å². The van der Waals surface area contributed by atoms with Gasteiger partial charge < -0.3 is 31.1 Å². The Morgan fingerprint density at radius 3 is 1.69 bits per heavy atom. The van der Waals surface area contributed by atoms with E-state index in [1.165, 1.54) is 0 Å². The molecule has 0 bridgehead atoms. The van der Waals surface area contributed by atoms with Gasteiger partial charge in [-0.25, -0.2) is 0 Å². The third-order valence-electron chi connectivity index (χ3n) is 3.38. The topological polar surface area (TPSA) is 163 Å². The van der Waals surface area contributed by atoms with E-state index in [0.717, 1.165) is 0 Å². The van der Waals surface area contributed by atoms with Crippen LogP contribution in [-0.4, -0.2) is 120 Å². The third-order valence-corrected chi connectivity index (χ3v) is 3.38. The lowest BCUT2D eigenvalue weighted by molar-refractivity contribution is -0.139. The van der Waals surface area contributed by atoms with Gasteiger partial charge in [-0.2, -0.15) is 0 Å². The Bertz CT molecular complexity index is 434. The molecule has 0 saturated carbocycles. The average Bonchev–Trinajstić information content (AvgIpc) is 2.51. The average molecular weight is 378 g/mol. The van der Waals surface area contributed by atoms with Crippen molar-refractivity contribution >= 4 is 17.9 Å². The van der Waals surface area contributed by atoms with E-state index in [-0.39, 0.29) is 19.6 Å². The molecule has 0 heterocycles. The fraction of sp³-hybridized carbons (Fsp3) is 0.800. The van der Waals surface area contributed by atoms with Crippen molar-refractivity contribution in [2.75, 3.05) is 65.4 Å². The van der Waals surface area contributed by atoms with Crippen LogP contribution in [0.2, 0.25) is 0 Å². The van der Waals surface area contributed by atoms with Crippen molar-refractivity contribution in [3.8, 4) is 0 Å². The van der Waals surface area contributed by atoms with Crippen LogP contribution in [0.1, 0.15) is 6.92 Å². The fourth-order valence-electron chi connectivity index (χ4n) is 2.28. The van der Waals surface area contributed by atoms with Crippen LogP contribution in [0, 0.1) is 0 Å². The molecule has 11 nitrogen and oxygen atoms in total. The normalized spacial score (nSPS) is 12.5. The number of aliphatic hydroxyl groups is 1. The number of carboxylic acids is 3. The number of rotatable bonds is 17. The Morgan fingerprint density at radius 2 is 1.27 bits per heavy atom. The highest BCUT2D eigenvalue weighted by molar-refractivity contribution is 5.69. The van der Waals surface area contributed by atoms with Gasteiger partial charge in [-0.15, -0.1) is 0 Å². The summed E-state index contributed by atoms with van der Waals surface area (Å²) >= 11 is 0. The highest BCUT2D eigenvalue weighted by Crippen LogP contribution is 1.95. The molecule has 26 heavy (non-hydrogen) atoms. The Morgan fingerprint density at radius 1 is 0.808 bits per heavy atom. The maximum absolute atomic E-state index is 11.0. The zero-order valence-electron chi connectivity index (χ0n) is 15.1. The molecule has 0 aromatic heterocycles. The molecule has 152 valence electrons. The van der Waals surface area contributed by atoms with Gasteiger partial charge in [0.1, 0.15) is 0 Å². The van der Waals surface area contributed by atoms with Crippen molar-refractivity contribution in [1.29, 1.82) is 0 Å². The SMILES string of the molecule is CC(O)CN(CCNCC(=O)O)CCN(CCNCC(=O)O)CC(=O)O. The first kappa shape index (κ1) is 24.2. The molecule has 0 amide bonds. The lowest BCUT2D eigenvalue weighted by atomic mass is 10.3. The van der Waals surface area contributed by atoms with Crippen molar-refractivity contribution in [1.82, 2.24) is 20.4 Å². The highest BCUT2D eigenvalue weighted by Gasteiger charge is 2.14. The van der Waals surface area contributed by atoms with Crippen LogP contribution in [0.4, 0.5) is 0 Å². The summed E-state index contributed by atoms with van der Waals surface area (Å²) in [7, 11) is 0. The summed E-state index contributed by atoms with van der Waals surface area (Å²) in [6.45, 7) is 4.08. The number of nitrogens with one attached hydrogen (secondary N) is 2. The standard InChI is InChI=1S/C15H30N4O7/c1-12(20)10-18(4-2-16-8-13(21)22)6-7-19(11-15(25)26)5-3-17-9-14(23)24/h12,16-17,20H,2-11H2,1H3,(H,21,22)(H,23,24)(H,25,26). The molecule has 0 radical (unpaired) electrons. The predicted molar refractivity (Wildman–Crippen MR) is 93.2 cm³/mol. The van der Waals surface area contributed by atoms with E-state index in [2.05, 4.69) is 10.6 Å². The second kappa shape index (κ2) is 14.4. The molecule has 6 N–H and O–H groups in total. The van der Waals surface area contributed by atoms with Gasteiger partial charge in [0.25, 0.3) is 0 Å². The molecule has 11 heteroatoms. The van der Waals surface area contributed by atoms with Crippen molar-refractivity contribution in [2.45, 2.75) is 13.0 Å². The number of hydrogen-bond acceptors (Lipinski definition) is 8. The molecule has 0 rings (SSSR count). The second-order valence-electron chi connectivity index (χ2n) is 5.96. The summed E-state index contributed by atoms with van der Waals surface area (Å²) in [5.41, 5.74) is 0. The molecule has 0 fully saturated rings. The quantitative estimate of drug-likeness (QED) is 0.147. The smallest absolute Gasteiger partial charge is 0.317 e. The molecule has 0 spiro atoms. The highest BCUT2D eigenvalue weighted by atomic mass is 16.4. The largest absolute Gasteiger partial charge is 0.480 e. The van der Waals surface area contributed by atoms with Crippen molar-refractivity contribution in [3.63, 3.8) is 0 Å². The van der Waals surface area contributed by atoms with Gasteiger partial charge in [-0.3, -0.25) is 24.2 Å². The number of nitrogens with zero attached hydrogens (tertiary/aromatic N) is 2. The summed E-state index contributed by atoms with van der Waals surface area (Å²) in [6, 6.07) is 0. The van der Waals surface area contributed by atoms with Crippen molar-refractivity contribution < 1.29 is 34.8 Å². The number of aliphatic hydroxyl groups excluding tert-OH is 1. The molecule has 1 unspecified atom stereocenters. The van der Waals surface area contributed by atoms with Gasteiger partial charge in [0.05, 0.1) is 25.7 Å². The summed E-state index contributed by atoms with van der Waals surface area (Å²) in [4.78, 5) is 35.5. The maximum Gasteiger partial charge on any atom is 0.317 e. The van der Waals surface area contributed by atoms with Crippen molar-refractivity contribution in [3.05, 3.63) is 0 Å². The summed E-state index contributed by atoms with van der Waals surface area (Å²) < 4.78 is 0. The van der Waals surface area contributed by atoms with Gasteiger partial charge in [-0.1, -0.05) is 0 Å². The van der Waals surface area contributed by atoms with E-state index in [0.29, 0.717) is 45.8 Å². The number of hydrogen-bond donors (Lipinski definition) is 6. The molecule has 0 aliphatic carbocycles. The maximum atomic E-state index is 11.0. The minimum absolute atomic E-state index is 0.150. The van der Waals surface area contributed by atoms with Crippen LogP contribution in [0.15, 0.2) is 0 Å². The van der Waals surface area contributed by atoms with E-state index in [4.69, 9.17) is 15.3 Å². The minimum atomic E-state index is -0.980. The van der Waals surface area contributed by atoms with Crippen LogP contribution in [0.3, 0.4) is 0 Å². The summed E-state index contributed by atoms with van der Waals surface area (Å²) in [5.74, 6) is -2.91. The number of carbonyl (C=O) groups is 3. The Hall–Kier alpha value is -1.79. The molecule has 0 aromatic rings. The number of carboxylic acid groups (broad SMARTS) is 3. The Labute approximate surface area is 152 Å². The van der Waals surface area contributed by atoms with E-state index >= 15 is 0 Å². The van der Waals surface area contributed by atoms with Crippen LogP contribution >= 0.6 is 0 Å². The van der Waals surface area contributed by atoms with Crippen molar-refractivity contribution in [2.24, 2.45) is 0 Å².